The molecule has 2 aromatic heterocycles. The molecule has 0 saturated carbocycles. The van der Waals surface area contributed by atoms with Crippen LogP contribution in [0.2, 0.25) is 5.02 Å². The van der Waals surface area contributed by atoms with Crippen LogP contribution in [0.25, 0.3) is 5.78 Å². The second-order valence-electron chi connectivity index (χ2n) is 6.11. The molecule has 0 amide bonds. The fraction of sp³-hybridized carbons (Fsp3) is 0.333. The largest absolute Gasteiger partial charge is 0.435 e. The average Bonchev–Trinajstić information content (AvgIpc) is 3.14. The van der Waals surface area contributed by atoms with Gasteiger partial charge in [-0.1, -0.05) is 24.6 Å². The van der Waals surface area contributed by atoms with Crippen molar-refractivity contribution in [2.24, 2.45) is 0 Å². The van der Waals surface area contributed by atoms with E-state index in [9.17, 15) is 18.0 Å². The van der Waals surface area contributed by atoms with Crippen molar-refractivity contribution < 1.29 is 22.7 Å². The summed E-state index contributed by atoms with van der Waals surface area (Å²) in [7, 11) is 0. The Kier molecular flexibility index (Phi) is 6.21. The van der Waals surface area contributed by atoms with Crippen LogP contribution in [-0.4, -0.2) is 32.0 Å². The van der Waals surface area contributed by atoms with Crippen molar-refractivity contribution >= 4 is 29.0 Å². The smallest absolute Gasteiger partial charge is 0.387 e. The number of nitrogens with zero attached hydrogens (tertiary/aromatic N) is 4. The lowest BCUT2D eigenvalue weighted by Crippen LogP contribution is -2.22. The molecule has 0 aliphatic heterocycles. The van der Waals surface area contributed by atoms with Crippen LogP contribution in [0, 0.1) is 0 Å². The van der Waals surface area contributed by atoms with Gasteiger partial charge in [-0.3, -0.25) is 4.79 Å². The molecule has 3 rings (SSSR count). The van der Waals surface area contributed by atoms with Crippen LogP contribution in [0.4, 0.5) is 19.0 Å². The van der Waals surface area contributed by atoms with Crippen LogP contribution < -0.4 is 10.1 Å². The summed E-state index contributed by atoms with van der Waals surface area (Å²) in [5.74, 6) is 0.0775. The Morgan fingerprint density at radius 2 is 2.07 bits per heavy atom. The van der Waals surface area contributed by atoms with E-state index in [1.165, 1.54) is 42.0 Å². The normalized spacial score (nSPS) is 13.5. The molecule has 0 saturated heterocycles. The van der Waals surface area contributed by atoms with Crippen molar-refractivity contribution in [2.75, 3.05) is 5.32 Å². The minimum absolute atomic E-state index is 0.0606. The third kappa shape index (κ3) is 4.58. The maximum Gasteiger partial charge on any atom is 0.387 e. The van der Waals surface area contributed by atoms with Gasteiger partial charge in [-0.15, -0.1) is 0 Å². The van der Waals surface area contributed by atoms with Gasteiger partial charge < -0.3 is 10.1 Å². The Morgan fingerprint density at radius 1 is 1.31 bits per heavy atom. The number of carbonyl (C=O) groups is 1. The summed E-state index contributed by atoms with van der Waals surface area (Å²) in [6, 6.07) is 4.39. The third-order valence-electron chi connectivity index (χ3n) is 4.15. The Hall–Kier alpha value is -2.88. The number of Topliss-reactive ketones (excluding diaryl/α,β-unsaturated/α-hetero) is 1. The predicted molar refractivity (Wildman–Crippen MR) is 100 cm³/mol. The third-order valence-corrected chi connectivity index (χ3v) is 4.48. The Bertz CT molecular complexity index is 1030. The number of ketones is 1. The van der Waals surface area contributed by atoms with Crippen LogP contribution >= 0.6 is 11.6 Å². The maximum absolute atomic E-state index is 13.8. The summed E-state index contributed by atoms with van der Waals surface area (Å²) in [5.41, 5.74) is 0.461. The topological polar surface area (TPSA) is 81.4 Å². The van der Waals surface area contributed by atoms with Crippen LogP contribution in [0.1, 0.15) is 43.7 Å². The highest BCUT2D eigenvalue weighted by atomic mass is 35.5. The molecule has 0 aliphatic rings. The van der Waals surface area contributed by atoms with Gasteiger partial charge >= 0.3 is 6.61 Å². The van der Waals surface area contributed by atoms with E-state index in [0.717, 1.165) is 0 Å². The molecule has 0 spiro atoms. The van der Waals surface area contributed by atoms with Crippen LogP contribution in [0.5, 0.6) is 5.75 Å². The highest BCUT2D eigenvalue weighted by molar-refractivity contribution is 6.31. The zero-order chi connectivity index (χ0) is 21.1. The van der Waals surface area contributed by atoms with Gasteiger partial charge in [-0.05, 0) is 19.1 Å². The van der Waals surface area contributed by atoms with Crippen molar-refractivity contribution in [3.63, 3.8) is 0 Å². The number of carbonyl (C=O) groups excluding carboxylic acids is 1. The van der Waals surface area contributed by atoms with Gasteiger partial charge in [0.05, 0.1) is 5.69 Å². The number of nitrogens with one attached hydrogen (secondary N) is 1. The van der Waals surface area contributed by atoms with Crippen molar-refractivity contribution in [1.29, 1.82) is 0 Å². The molecule has 154 valence electrons. The molecule has 0 fully saturated rings. The molecule has 1 aromatic carbocycles. The van der Waals surface area contributed by atoms with E-state index in [1.54, 1.807) is 6.92 Å². The van der Waals surface area contributed by atoms with E-state index in [2.05, 4.69) is 25.1 Å². The number of anilines is 1. The number of halogens is 4. The Balaban J connectivity index is 2.02. The highest BCUT2D eigenvalue weighted by Gasteiger charge is 2.24. The first kappa shape index (κ1) is 20.8. The van der Waals surface area contributed by atoms with Crippen molar-refractivity contribution in [3.8, 4) is 5.75 Å². The van der Waals surface area contributed by atoms with Crippen molar-refractivity contribution in [1.82, 2.24) is 19.6 Å². The molecule has 2 heterocycles. The number of rotatable bonds is 8. The molecule has 2 unspecified atom stereocenters. The summed E-state index contributed by atoms with van der Waals surface area (Å²) in [6.07, 6.45) is 0.0496. The Morgan fingerprint density at radius 3 is 2.69 bits per heavy atom. The quantitative estimate of drug-likeness (QED) is 0.568. The van der Waals surface area contributed by atoms with E-state index < -0.39 is 18.8 Å². The summed E-state index contributed by atoms with van der Waals surface area (Å²) in [5, 5.41) is 7.09. The summed E-state index contributed by atoms with van der Waals surface area (Å²) in [6.45, 7) is -0.000337. The standard InChI is InChI=1S/C18H17ClF3N5O2/c1-3-14(28)16(11-5-4-10(6-12(11)19)29-17(21)22)26-15-7-13(9(2)20)25-18-23-8-24-27(15)18/h4-9,16-17,26H,3H2,1-2H3. The van der Waals surface area contributed by atoms with Crippen molar-refractivity contribution in [2.45, 2.75) is 39.1 Å². The van der Waals surface area contributed by atoms with Gasteiger partial charge in [-0.2, -0.15) is 23.4 Å². The fourth-order valence-corrected chi connectivity index (χ4v) is 3.02. The molecule has 0 aliphatic carbocycles. The molecular weight excluding hydrogens is 411 g/mol. The lowest BCUT2D eigenvalue weighted by Gasteiger charge is -2.21. The lowest BCUT2D eigenvalue weighted by atomic mass is 10.0. The second kappa shape index (κ2) is 8.64. The monoisotopic (exact) mass is 427 g/mol. The summed E-state index contributed by atoms with van der Waals surface area (Å²) in [4.78, 5) is 20.7. The first-order valence-corrected chi connectivity index (χ1v) is 9.06. The second-order valence-corrected chi connectivity index (χ2v) is 6.52. The molecule has 0 bridgehead atoms. The van der Waals surface area contributed by atoms with E-state index in [1.807, 2.05) is 0 Å². The van der Waals surface area contributed by atoms with Gasteiger partial charge in [0.15, 0.2) is 5.78 Å². The maximum atomic E-state index is 13.8. The van der Waals surface area contributed by atoms with Gasteiger partial charge in [0.1, 0.15) is 30.1 Å². The molecule has 29 heavy (non-hydrogen) atoms. The first-order valence-electron chi connectivity index (χ1n) is 8.68. The van der Waals surface area contributed by atoms with E-state index in [4.69, 9.17) is 11.6 Å². The summed E-state index contributed by atoms with van der Waals surface area (Å²) >= 11 is 6.23. The van der Waals surface area contributed by atoms with Gasteiger partial charge in [0.25, 0.3) is 5.78 Å². The average molecular weight is 428 g/mol. The van der Waals surface area contributed by atoms with E-state index >= 15 is 0 Å². The number of ether oxygens (including phenoxy) is 1. The number of hydrogen-bond acceptors (Lipinski definition) is 6. The summed E-state index contributed by atoms with van der Waals surface area (Å²) < 4.78 is 44.3. The van der Waals surface area contributed by atoms with Gasteiger partial charge in [0.2, 0.25) is 0 Å². The number of aromatic nitrogens is 4. The van der Waals surface area contributed by atoms with Gasteiger partial charge in [0, 0.05) is 23.1 Å². The lowest BCUT2D eigenvalue weighted by molar-refractivity contribution is -0.119. The highest BCUT2D eigenvalue weighted by Crippen LogP contribution is 2.32. The minimum atomic E-state index is -3.00. The van der Waals surface area contributed by atoms with E-state index in [0.29, 0.717) is 5.56 Å². The number of alkyl halides is 3. The number of fused-ring (bicyclic) bond motifs is 1. The zero-order valence-corrected chi connectivity index (χ0v) is 16.2. The predicted octanol–water partition coefficient (Wildman–Crippen LogP) is 4.54. The first-order chi connectivity index (χ1) is 13.8. The molecule has 7 nitrogen and oxygen atoms in total. The van der Waals surface area contributed by atoms with E-state index in [-0.39, 0.29) is 40.3 Å². The SMILES string of the molecule is CCC(=O)C(Nc1cc(C(C)F)nc2ncnn12)c1ccc(OC(F)F)cc1Cl. The van der Waals surface area contributed by atoms with Crippen LogP contribution in [-0.2, 0) is 4.79 Å². The molecule has 1 N–H and O–H groups in total. The molecule has 2 atom stereocenters. The van der Waals surface area contributed by atoms with Gasteiger partial charge in [-0.25, -0.2) is 9.37 Å². The minimum Gasteiger partial charge on any atom is -0.435 e. The molecule has 3 aromatic rings. The molecule has 0 radical (unpaired) electrons. The van der Waals surface area contributed by atoms with Crippen LogP contribution in [0.3, 0.4) is 0 Å². The number of benzene rings is 1. The molecular formula is C18H17ClF3N5O2. The number of hydrogen-bond donors (Lipinski definition) is 1. The van der Waals surface area contributed by atoms with Crippen LogP contribution in [0.15, 0.2) is 30.6 Å². The zero-order valence-electron chi connectivity index (χ0n) is 15.4. The fourth-order valence-electron chi connectivity index (χ4n) is 2.74. The van der Waals surface area contributed by atoms with Crippen molar-refractivity contribution in [3.05, 3.63) is 46.9 Å². The Labute approximate surface area is 168 Å². The molecule has 11 heteroatoms.